The molecule has 144 valence electrons. The second-order valence-corrected chi connectivity index (χ2v) is 4.85. The summed E-state index contributed by atoms with van der Waals surface area (Å²) in [6.07, 6.45) is -0.991. The molecule has 0 spiro atoms. The number of aromatic hydroxyl groups is 1. The standard InChI is InChI=1S/C11H14O4.C5H12O5/c1-14-9-6-8(4-3-5-12)7-10(15-2)11(9)13;6-1-3(8)5(10)4(9)2-7/h3-4,6-7,12-13H,5H2,1-2H3;3-10H,1-2H2/b4-3+;. The summed E-state index contributed by atoms with van der Waals surface area (Å²) in [6.45, 7) is -1.32. The third-order valence-electron chi connectivity index (χ3n) is 3.08. The van der Waals surface area contributed by atoms with Crippen LogP contribution in [0.1, 0.15) is 5.56 Å². The Balaban J connectivity index is 0.000000504. The average Bonchev–Trinajstić information content (AvgIpc) is 2.65. The van der Waals surface area contributed by atoms with E-state index in [1.807, 2.05) is 0 Å². The van der Waals surface area contributed by atoms with Crippen LogP contribution in [0, 0.1) is 0 Å². The molecule has 1 aromatic carbocycles. The molecule has 0 fully saturated rings. The number of aliphatic hydroxyl groups excluding tert-OH is 6. The molecule has 1 aromatic rings. The molecule has 0 saturated heterocycles. The molecule has 0 heterocycles. The van der Waals surface area contributed by atoms with E-state index in [4.69, 9.17) is 40.1 Å². The zero-order valence-electron chi connectivity index (χ0n) is 14.1. The fourth-order valence-corrected chi connectivity index (χ4v) is 1.67. The highest BCUT2D eigenvalue weighted by Gasteiger charge is 2.22. The third kappa shape index (κ3) is 7.69. The van der Waals surface area contributed by atoms with Crippen LogP contribution >= 0.6 is 0 Å². The molecule has 0 bridgehead atoms. The van der Waals surface area contributed by atoms with Crippen LogP contribution < -0.4 is 9.47 Å². The first-order valence-corrected chi connectivity index (χ1v) is 7.34. The van der Waals surface area contributed by atoms with E-state index >= 15 is 0 Å². The van der Waals surface area contributed by atoms with Gasteiger partial charge in [0.05, 0.1) is 34.0 Å². The van der Waals surface area contributed by atoms with Gasteiger partial charge in [-0.25, -0.2) is 0 Å². The van der Waals surface area contributed by atoms with Crippen LogP contribution in [-0.4, -0.2) is 88.1 Å². The number of hydrogen-bond donors (Lipinski definition) is 7. The maximum Gasteiger partial charge on any atom is 0.200 e. The van der Waals surface area contributed by atoms with Gasteiger partial charge in [-0.1, -0.05) is 12.2 Å². The van der Waals surface area contributed by atoms with Crippen molar-refractivity contribution in [2.45, 2.75) is 18.3 Å². The largest absolute Gasteiger partial charge is 0.502 e. The van der Waals surface area contributed by atoms with E-state index in [0.717, 1.165) is 5.56 Å². The molecule has 25 heavy (non-hydrogen) atoms. The average molecular weight is 362 g/mol. The molecule has 0 radical (unpaired) electrons. The highest BCUT2D eigenvalue weighted by molar-refractivity contribution is 5.61. The lowest BCUT2D eigenvalue weighted by molar-refractivity contribution is -0.0900. The quantitative estimate of drug-likeness (QED) is 0.291. The molecule has 7 N–H and O–H groups in total. The maximum atomic E-state index is 9.62. The number of aliphatic hydroxyl groups is 6. The molecule has 0 amide bonds. The van der Waals surface area contributed by atoms with Crippen molar-refractivity contribution >= 4 is 6.08 Å². The molecule has 0 aromatic heterocycles. The summed E-state index contributed by atoms with van der Waals surface area (Å²) in [5.41, 5.74) is 0.788. The Bertz CT molecular complexity index is 483. The molecule has 9 nitrogen and oxygen atoms in total. The van der Waals surface area contributed by atoms with Crippen LogP contribution in [0.25, 0.3) is 6.08 Å². The minimum absolute atomic E-state index is 0.0267. The van der Waals surface area contributed by atoms with Gasteiger partial charge in [0.15, 0.2) is 11.5 Å². The minimum atomic E-state index is -1.49. The van der Waals surface area contributed by atoms with Gasteiger partial charge in [0.1, 0.15) is 18.3 Å². The summed E-state index contributed by atoms with van der Waals surface area (Å²) >= 11 is 0. The molecule has 0 saturated carbocycles. The zero-order chi connectivity index (χ0) is 19.4. The summed E-state index contributed by atoms with van der Waals surface area (Å²) < 4.78 is 9.96. The van der Waals surface area contributed by atoms with Gasteiger partial charge < -0.3 is 45.2 Å². The van der Waals surface area contributed by atoms with Crippen molar-refractivity contribution in [1.29, 1.82) is 0 Å². The van der Waals surface area contributed by atoms with E-state index in [1.54, 1.807) is 24.3 Å². The van der Waals surface area contributed by atoms with Gasteiger partial charge in [-0.3, -0.25) is 0 Å². The van der Waals surface area contributed by atoms with Crippen molar-refractivity contribution in [2.24, 2.45) is 0 Å². The topological polar surface area (TPSA) is 160 Å². The maximum absolute atomic E-state index is 9.62. The number of phenols is 1. The Morgan fingerprint density at radius 2 is 1.36 bits per heavy atom. The smallest absolute Gasteiger partial charge is 0.200 e. The second-order valence-electron chi connectivity index (χ2n) is 4.85. The number of phenolic OH excluding ortho intramolecular Hbond substituents is 1. The van der Waals surface area contributed by atoms with Crippen molar-refractivity contribution in [3.63, 3.8) is 0 Å². The van der Waals surface area contributed by atoms with E-state index in [1.165, 1.54) is 14.2 Å². The van der Waals surface area contributed by atoms with Crippen LogP contribution in [0.15, 0.2) is 18.2 Å². The van der Waals surface area contributed by atoms with Crippen LogP contribution in [-0.2, 0) is 0 Å². The fourth-order valence-electron chi connectivity index (χ4n) is 1.67. The summed E-state index contributed by atoms with van der Waals surface area (Å²) in [5.74, 6) is 0.653. The van der Waals surface area contributed by atoms with Crippen molar-refractivity contribution in [3.05, 3.63) is 23.8 Å². The minimum Gasteiger partial charge on any atom is -0.502 e. The number of rotatable bonds is 8. The van der Waals surface area contributed by atoms with E-state index in [0.29, 0.717) is 11.5 Å². The zero-order valence-corrected chi connectivity index (χ0v) is 14.1. The van der Waals surface area contributed by atoms with Crippen LogP contribution in [0.2, 0.25) is 0 Å². The lowest BCUT2D eigenvalue weighted by atomic mass is 10.1. The van der Waals surface area contributed by atoms with E-state index in [-0.39, 0.29) is 12.4 Å². The summed E-state index contributed by atoms with van der Waals surface area (Å²) in [7, 11) is 2.93. The first-order chi connectivity index (χ1) is 11.9. The summed E-state index contributed by atoms with van der Waals surface area (Å²) in [5, 5.41) is 60.8. The Morgan fingerprint density at radius 1 is 0.920 bits per heavy atom. The van der Waals surface area contributed by atoms with Gasteiger partial charge >= 0.3 is 0 Å². The fraction of sp³-hybridized carbons (Fsp3) is 0.500. The van der Waals surface area contributed by atoms with Gasteiger partial charge in [-0.15, -0.1) is 0 Å². The van der Waals surface area contributed by atoms with Gasteiger partial charge in [-0.2, -0.15) is 0 Å². The van der Waals surface area contributed by atoms with Gasteiger partial charge in [0.2, 0.25) is 5.75 Å². The number of methoxy groups -OCH3 is 2. The Morgan fingerprint density at radius 3 is 1.68 bits per heavy atom. The monoisotopic (exact) mass is 362 g/mol. The molecule has 1 rings (SSSR count). The predicted octanol–water partition coefficient (Wildman–Crippen LogP) is -1.53. The normalized spacial score (nSPS) is 14.4. The Hall–Kier alpha value is -1.88. The van der Waals surface area contributed by atoms with Gasteiger partial charge in [-0.05, 0) is 17.7 Å². The number of benzene rings is 1. The summed E-state index contributed by atoms with van der Waals surface area (Å²) in [6, 6.07) is 3.31. The molecule has 0 aliphatic carbocycles. The van der Waals surface area contributed by atoms with Crippen molar-refractivity contribution in [2.75, 3.05) is 34.0 Å². The second kappa shape index (κ2) is 12.5. The van der Waals surface area contributed by atoms with Gasteiger partial charge in [0.25, 0.3) is 0 Å². The lowest BCUT2D eigenvalue weighted by Crippen LogP contribution is -2.41. The molecule has 2 atom stereocenters. The molecular formula is C16H26O9. The van der Waals surface area contributed by atoms with Crippen LogP contribution in [0.3, 0.4) is 0 Å². The van der Waals surface area contributed by atoms with Crippen LogP contribution in [0.5, 0.6) is 17.2 Å². The highest BCUT2D eigenvalue weighted by atomic mass is 16.5. The molecule has 2 unspecified atom stereocenters. The Labute approximate surface area is 145 Å². The molecule has 9 heteroatoms. The van der Waals surface area contributed by atoms with E-state index < -0.39 is 31.5 Å². The van der Waals surface area contributed by atoms with Crippen molar-refractivity contribution < 1.29 is 45.2 Å². The highest BCUT2D eigenvalue weighted by Crippen LogP contribution is 2.37. The first kappa shape index (κ1) is 23.1. The molecule has 0 aliphatic rings. The van der Waals surface area contributed by atoms with Gasteiger partial charge in [0, 0.05) is 0 Å². The molecular weight excluding hydrogens is 336 g/mol. The predicted molar refractivity (Wildman–Crippen MR) is 89.5 cm³/mol. The first-order valence-electron chi connectivity index (χ1n) is 7.34. The van der Waals surface area contributed by atoms with E-state index in [2.05, 4.69) is 0 Å². The van der Waals surface area contributed by atoms with Crippen LogP contribution in [0.4, 0.5) is 0 Å². The summed E-state index contributed by atoms with van der Waals surface area (Å²) in [4.78, 5) is 0. The third-order valence-corrected chi connectivity index (χ3v) is 3.08. The Kier molecular flexibility index (Phi) is 11.5. The lowest BCUT2D eigenvalue weighted by Gasteiger charge is -2.19. The number of ether oxygens (including phenoxy) is 2. The van der Waals surface area contributed by atoms with E-state index in [9.17, 15) is 5.11 Å². The van der Waals surface area contributed by atoms with Crippen molar-refractivity contribution in [3.8, 4) is 17.2 Å². The van der Waals surface area contributed by atoms with Crippen molar-refractivity contribution in [1.82, 2.24) is 0 Å². The SMILES string of the molecule is COc1cc(/C=C/CO)cc(OC)c1O.OCC(O)C(O)C(O)CO. The molecule has 0 aliphatic heterocycles. The number of hydrogen-bond acceptors (Lipinski definition) is 9.